The molecule has 34 heavy (non-hydrogen) atoms. The minimum absolute atomic E-state index is 0.0844. The fourth-order valence-electron chi connectivity index (χ4n) is 5.62. The summed E-state index contributed by atoms with van der Waals surface area (Å²) in [5, 5.41) is 4.02. The average molecular weight is 482 g/mol. The molecule has 1 aliphatic heterocycles. The Kier molecular flexibility index (Phi) is 5.96. The van der Waals surface area contributed by atoms with Crippen LogP contribution in [0.1, 0.15) is 56.1 Å². The van der Waals surface area contributed by atoms with Gasteiger partial charge in [-0.25, -0.2) is 0 Å². The Balaban J connectivity index is 1.46. The van der Waals surface area contributed by atoms with Gasteiger partial charge in [0.05, 0.1) is 18.3 Å². The number of carbonyl (C=O) groups excluding carboxylic acids is 2. The van der Waals surface area contributed by atoms with E-state index in [1.807, 2.05) is 41.8 Å². The van der Waals surface area contributed by atoms with E-state index >= 15 is 0 Å². The van der Waals surface area contributed by atoms with Gasteiger partial charge in [-0.05, 0) is 49.3 Å². The van der Waals surface area contributed by atoms with Crippen LogP contribution in [0.5, 0.6) is 0 Å². The van der Waals surface area contributed by atoms with Crippen molar-refractivity contribution < 1.29 is 14.0 Å². The second-order valence-corrected chi connectivity index (χ2v) is 10.7. The SMILES string of the molecule is C[C@H]1[C@H](C)CCC[C@@H]1NC(=O)[C@]1(C)Cn2c(cc3occc32)C(=O)N1CCc1ccc(Cl)cc1. The van der Waals surface area contributed by atoms with Gasteiger partial charge in [0.2, 0.25) is 5.91 Å². The molecule has 4 atom stereocenters. The van der Waals surface area contributed by atoms with Gasteiger partial charge < -0.3 is 19.2 Å². The molecular formula is C27H32ClN3O3. The molecule has 5 rings (SSSR count). The summed E-state index contributed by atoms with van der Waals surface area (Å²) < 4.78 is 7.50. The zero-order valence-corrected chi connectivity index (χ0v) is 20.8. The van der Waals surface area contributed by atoms with E-state index in [1.54, 1.807) is 17.2 Å². The average Bonchev–Trinajstić information content (AvgIpc) is 3.40. The summed E-state index contributed by atoms with van der Waals surface area (Å²) in [5.41, 5.74) is 2.14. The zero-order valence-electron chi connectivity index (χ0n) is 20.0. The van der Waals surface area contributed by atoms with Gasteiger partial charge in [0.15, 0.2) is 5.58 Å². The molecule has 2 amide bonds. The summed E-state index contributed by atoms with van der Waals surface area (Å²) in [6.07, 6.45) is 5.55. The smallest absolute Gasteiger partial charge is 0.271 e. The molecule has 1 N–H and O–H groups in total. The van der Waals surface area contributed by atoms with Crippen molar-refractivity contribution in [1.82, 2.24) is 14.8 Å². The van der Waals surface area contributed by atoms with Crippen molar-refractivity contribution in [1.29, 1.82) is 0 Å². The molecule has 1 aromatic carbocycles. The van der Waals surface area contributed by atoms with Crippen molar-refractivity contribution in [2.45, 2.75) is 64.6 Å². The number of aromatic nitrogens is 1. The molecule has 6 nitrogen and oxygen atoms in total. The summed E-state index contributed by atoms with van der Waals surface area (Å²) in [5.74, 6) is 0.751. The molecule has 0 saturated heterocycles. The van der Waals surface area contributed by atoms with E-state index in [4.69, 9.17) is 16.0 Å². The topological polar surface area (TPSA) is 67.5 Å². The first-order valence-electron chi connectivity index (χ1n) is 12.2. The number of rotatable bonds is 5. The lowest BCUT2D eigenvalue weighted by molar-refractivity contribution is -0.134. The summed E-state index contributed by atoms with van der Waals surface area (Å²) in [6.45, 7) is 7.21. The van der Waals surface area contributed by atoms with Crippen molar-refractivity contribution in [3.63, 3.8) is 0 Å². The molecule has 0 radical (unpaired) electrons. The quantitative estimate of drug-likeness (QED) is 0.538. The second-order valence-electron chi connectivity index (χ2n) is 10.2. The van der Waals surface area contributed by atoms with Gasteiger partial charge in [-0.2, -0.15) is 0 Å². The molecular weight excluding hydrogens is 450 g/mol. The lowest BCUT2D eigenvalue weighted by Gasteiger charge is -2.45. The number of halogens is 1. The number of hydrogen-bond donors (Lipinski definition) is 1. The maximum atomic E-state index is 13.9. The minimum atomic E-state index is -1.01. The van der Waals surface area contributed by atoms with E-state index in [9.17, 15) is 9.59 Å². The monoisotopic (exact) mass is 481 g/mol. The zero-order chi connectivity index (χ0) is 24.0. The van der Waals surface area contributed by atoms with Crippen LogP contribution < -0.4 is 5.32 Å². The Bertz CT molecular complexity index is 1210. The molecule has 180 valence electrons. The predicted octanol–water partition coefficient (Wildman–Crippen LogP) is 5.29. The molecule has 1 fully saturated rings. The molecule has 0 unspecified atom stereocenters. The van der Waals surface area contributed by atoms with E-state index in [-0.39, 0.29) is 17.9 Å². The maximum Gasteiger partial charge on any atom is 0.271 e. The van der Waals surface area contributed by atoms with Crippen molar-refractivity contribution in [2.24, 2.45) is 11.8 Å². The number of nitrogens with one attached hydrogen (secondary N) is 1. The van der Waals surface area contributed by atoms with Crippen molar-refractivity contribution in [3.05, 3.63) is 58.9 Å². The predicted molar refractivity (Wildman–Crippen MR) is 133 cm³/mol. The van der Waals surface area contributed by atoms with Crippen molar-refractivity contribution in [3.8, 4) is 0 Å². The molecule has 0 spiro atoms. The Morgan fingerprint density at radius 1 is 1.21 bits per heavy atom. The van der Waals surface area contributed by atoms with Crippen LogP contribution in [-0.2, 0) is 17.8 Å². The van der Waals surface area contributed by atoms with Crippen LogP contribution in [0.15, 0.2) is 47.1 Å². The van der Waals surface area contributed by atoms with Crippen molar-refractivity contribution >= 4 is 34.5 Å². The van der Waals surface area contributed by atoms with Crippen LogP contribution in [0, 0.1) is 11.8 Å². The number of hydrogen-bond acceptors (Lipinski definition) is 3. The van der Waals surface area contributed by atoms with Gasteiger partial charge in [0.1, 0.15) is 11.2 Å². The van der Waals surface area contributed by atoms with E-state index in [1.165, 1.54) is 6.42 Å². The summed E-state index contributed by atoms with van der Waals surface area (Å²) in [4.78, 5) is 29.4. The molecule has 3 aromatic rings. The molecule has 1 aliphatic carbocycles. The van der Waals surface area contributed by atoms with Crippen LogP contribution >= 0.6 is 11.6 Å². The maximum absolute atomic E-state index is 13.9. The molecule has 1 saturated carbocycles. The number of amides is 2. The minimum Gasteiger partial charge on any atom is -0.463 e. The first kappa shape index (κ1) is 23.0. The lowest BCUT2D eigenvalue weighted by Crippen LogP contribution is -2.65. The molecule has 3 heterocycles. The third-order valence-corrected chi connectivity index (χ3v) is 8.35. The number of furan rings is 1. The van der Waals surface area contributed by atoms with Crippen LogP contribution in [0.2, 0.25) is 5.02 Å². The highest BCUT2D eigenvalue weighted by Gasteiger charge is 2.48. The second kappa shape index (κ2) is 8.81. The summed E-state index contributed by atoms with van der Waals surface area (Å²) in [6, 6.07) is 11.4. The number of fused-ring (bicyclic) bond motifs is 3. The third kappa shape index (κ3) is 3.92. The van der Waals surface area contributed by atoms with Crippen LogP contribution in [0.25, 0.3) is 11.1 Å². The fraction of sp³-hybridized carbons (Fsp3) is 0.481. The van der Waals surface area contributed by atoms with Crippen molar-refractivity contribution in [2.75, 3.05) is 6.54 Å². The van der Waals surface area contributed by atoms with Gasteiger partial charge >= 0.3 is 0 Å². The summed E-state index contributed by atoms with van der Waals surface area (Å²) in [7, 11) is 0. The standard InChI is InChI=1S/C27H32ClN3O3/c1-17-5-4-6-21(18(17)2)29-26(33)27(3)16-30-22-12-14-34-24(22)15-23(30)25(32)31(27)13-11-19-7-9-20(28)10-8-19/h7-10,12,14-15,17-18,21H,4-6,11,13,16H2,1-3H3,(H,29,33)/t17-,18+,21+,27+/m1/s1. The number of nitrogens with zero attached hydrogens (tertiary/aromatic N) is 2. The first-order valence-corrected chi connectivity index (χ1v) is 12.6. The summed E-state index contributed by atoms with van der Waals surface area (Å²) >= 11 is 6.04. The van der Waals surface area contributed by atoms with Gasteiger partial charge in [0.25, 0.3) is 5.91 Å². The van der Waals surface area contributed by atoms with Crippen LogP contribution in [0.4, 0.5) is 0 Å². The van der Waals surface area contributed by atoms with Gasteiger partial charge in [0, 0.05) is 29.7 Å². The Hall–Kier alpha value is -2.73. The van der Waals surface area contributed by atoms with Gasteiger partial charge in [-0.3, -0.25) is 9.59 Å². The largest absolute Gasteiger partial charge is 0.463 e. The van der Waals surface area contributed by atoms with Crippen LogP contribution in [-0.4, -0.2) is 39.4 Å². The third-order valence-electron chi connectivity index (χ3n) is 8.10. The number of benzene rings is 1. The highest BCUT2D eigenvalue weighted by atomic mass is 35.5. The van der Waals surface area contributed by atoms with E-state index in [0.717, 1.165) is 23.9 Å². The fourth-order valence-corrected chi connectivity index (χ4v) is 5.75. The first-order chi connectivity index (χ1) is 16.3. The van der Waals surface area contributed by atoms with E-state index in [0.29, 0.717) is 47.6 Å². The highest BCUT2D eigenvalue weighted by molar-refractivity contribution is 6.30. The molecule has 2 aliphatic rings. The van der Waals surface area contributed by atoms with Gasteiger partial charge in [-0.1, -0.05) is 50.4 Å². The molecule has 7 heteroatoms. The van der Waals surface area contributed by atoms with E-state index in [2.05, 4.69) is 19.2 Å². The Morgan fingerprint density at radius 3 is 2.74 bits per heavy atom. The molecule has 2 aromatic heterocycles. The Morgan fingerprint density at radius 2 is 1.97 bits per heavy atom. The highest BCUT2D eigenvalue weighted by Crippen LogP contribution is 2.35. The lowest BCUT2D eigenvalue weighted by atomic mass is 9.77. The Labute approximate surface area is 205 Å². The normalized spacial score (nSPS) is 27.1. The van der Waals surface area contributed by atoms with E-state index < -0.39 is 5.54 Å². The van der Waals surface area contributed by atoms with Gasteiger partial charge in [-0.15, -0.1) is 0 Å². The number of carbonyl (C=O) groups is 2. The molecule has 0 bridgehead atoms. The van der Waals surface area contributed by atoms with Crippen LogP contribution in [0.3, 0.4) is 0 Å².